The molecule has 2 heterocycles. The number of carbonyl (C=O) groups is 1. The van der Waals surface area contributed by atoms with Crippen molar-refractivity contribution in [3.05, 3.63) is 60.0 Å². The van der Waals surface area contributed by atoms with Crippen LogP contribution in [-0.4, -0.2) is 27.0 Å². The van der Waals surface area contributed by atoms with E-state index in [4.69, 9.17) is 0 Å². The lowest BCUT2D eigenvalue weighted by Crippen LogP contribution is -2.29. The maximum absolute atomic E-state index is 12.8. The first-order valence-corrected chi connectivity index (χ1v) is 7.39. The lowest BCUT2D eigenvalue weighted by atomic mass is 10.2. The van der Waals surface area contributed by atoms with E-state index in [2.05, 4.69) is 20.7 Å². The number of nitrogens with zero attached hydrogens (tertiary/aromatic N) is 3. The van der Waals surface area contributed by atoms with Gasteiger partial charge in [0.25, 0.3) is 0 Å². The summed E-state index contributed by atoms with van der Waals surface area (Å²) in [6.07, 6.45) is -1.92. The number of nitrogens with one attached hydrogen (secondary N) is 2. The number of hydrogen-bond acceptors (Lipinski definition) is 4. The van der Waals surface area contributed by atoms with Crippen molar-refractivity contribution in [3.8, 4) is 0 Å². The zero-order valence-corrected chi connectivity index (χ0v) is 12.9. The molecule has 6 nitrogen and oxygen atoms in total. The zero-order valence-electron chi connectivity index (χ0n) is 12.9. The first-order valence-electron chi connectivity index (χ1n) is 7.39. The number of benzene rings is 1. The highest BCUT2D eigenvalue weighted by Gasteiger charge is 2.34. The highest BCUT2D eigenvalue weighted by Crippen LogP contribution is 2.29. The van der Waals surface area contributed by atoms with Gasteiger partial charge in [-0.15, -0.1) is 0 Å². The molecule has 3 rings (SSSR count). The van der Waals surface area contributed by atoms with Crippen LogP contribution in [0.3, 0.4) is 0 Å². The summed E-state index contributed by atoms with van der Waals surface area (Å²) < 4.78 is 39.3. The second kappa shape index (κ2) is 6.80. The van der Waals surface area contributed by atoms with E-state index in [9.17, 15) is 18.0 Å². The molecule has 0 unspecified atom stereocenters. The van der Waals surface area contributed by atoms with Crippen LogP contribution < -0.4 is 10.6 Å². The van der Waals surface area contributed by atoms with Crippen LogP contribution in [0.4, 0.5) is 19.0 Å². The molecule has 2 aromatic heterocycles. The summed E-state index contributed by atoms with van der Waals surface area (Å²) >= 11 is 0. The first kappa shape index (κ1) is 16.7. The Morgan fingerprint density at radius 2 is 1.96 bits per heavy atom. The average molecular weight is 349 g/mol. The summed E-state index contributed by atoms with van der Waals surface area (Å²) in [6, 6.07) is 10.2. The average Bonchev–Trinajstić information content (AvgIpc) is 3.04. The normalized spacial score (nSPS) is 11.5. The van der Waals surface area contributed by atoms with Gasteiger partial charge in [0, 0.05) is 25.0 Å². The van der Waals surface area contributed by atoms with Crippen LogP contribution in [0.25, 0.3) is 5.52 Å². The molecule has 3 aromatic rings. The molecular formula is C16H14F3N5O. The van der Waals surface area contributed by atoms with Gasteiger partial charge < -0.3 is 10.6 Å². The van der Waals surface area contributed by atoms with E-state index in [1.165, 1.54) is 12.4 Å². The summed E-state index contributed by atoms with van der Waals surface area (Å²) in [5.41, 5.74) is 0.0736. The second-order valence-electron chi connectivity index (χ2n) is 5.25. The Kier molecular flexibility index (Phi) is 4.55. The quantitative estimate of drug-likeness (QED) is 0.742. The molecule has 9 heteroatoms. The van der Waals surface area contributed by atoms with E-state index in [0.29, 0.717) is 6.54 Å². The Balaban J connectivity index is 1.64. The summed E-state index contributed by atoms with van der Waals surface area (Å²) in [5, 5.41) is 8.91. The number of rotatable bonds is 5. The number of amides is 1. The van der Waals surface area contributed by atoms with Crippen LogP contribution >= 0.6 is 0 Å². The lowest BCUT2D eigenvalue weighted by molar-refractivity contribution is -0.141. The van der Waals surface area contributed by atoms with Gasteiger partial charge in [-0.2, -0.15) is 18.3 Å². The summed E-state index contributed by atoms with van der Waals surface area (Å²) in [7, 11) is 0. The number of aromatic nitrogens is 3. The number of alkyl halides is 3. The standard InChI is InChI=1S/C16H14F3N5O/c17-16(18,19)13-8-12-15(20-6-7-24(12)23-13)22-10-14(25)21-9-11-4-2-1-3-5-11/h1-8H,9-10H2,(H,20,22)(H,21,25). The van der Waals surface area contributed by atoms with Crippen LogP contribution in [0.15, 0.2) is 48.8 Å². The molecule has 0 spiro atoms. The minimum atomic E-state index is -4.55. The van der Waals surface area contributed by atoms with Gasteiger partial charge in [-0.1, -0.05) is 30.3 Å². The molecule has 2 N–H and O–H groups in total. The zero-order chi connectivity index (χ0) is 17.9. The Morgan fingerprint density at radius 3 is 2.68 bits per heavy atom. The van der Waals surface area contributed by atoms with E-state index in [-0.39, 0.29) is 23.8 Å². The van der Waals surface area contributed by atoms with Crippen LogP contribution in [-0.2, 0) is 17.5 Å². The SMILES string of the molecule is O=C(CNc1nccn2nc(C(F)(F)F)cc12)NCc1ccccc1. The van der Waals surface area contributed by atoms with Gasteiger partial charge in [0.2, 0.25) is 5.91 Å². The van der Waals surface area contributed by atoms with Crippen molar-refractivity contribution in [2.24, 2.45) is 0 Å². The predicted octanol–water partition coefficient (Wildman–Crippen LogP) is 2.48. The Hall–Kier alpha value is -3.10. The summed E-state index contributed by atoms with van der Waals surface area (Å²) in [4.78, 5) is 15.9. The van der Waals surface area contributed by atoms with Crippen LogP contribution in [0.2, 0.25) is 0 Å². The second-order valence-corrected chi connectivity index (χ2v) is 5.25. The minimum Gasteiger partial charge on any atom is -0.359 e. The van der Waals surface area contributed by atoms with Crippen molar-refractivity contribution in [2.45, 2.75) is 12.7 Å². The molecule has 1 amide bonds. The van der Waals surface area contributed by atoms with Crippen LogP contribution in [0.1, 0.15) is 11.3 Å². The third kappa shape index (κ3) is 4.06. The van der Waals surface area contributed by atoms with Crippen molar-refractivity contribution in [1.82, 2.24) is 19.9 Å². The highest BCUT2D eigenvalue weighted by atomic mass is 19.4. The maximum Gasteiger partial charge on any atom is 0.435 e. The van der Waals surface area contributed by atoms with Crippen molar-refractivity contribution >= 4 is 17.2 Å². The molecule has 0 radical (unpaired) electrons. The van der Waals surface area contributed by atoms with Crippen molar-refractivity contribution in [1.29, 1.82) is 0 Å². The number of hydrogen-bond donors (Lipinski definition) is 2. The largest absolute Gasteiger partial charge is 0.435 e. The summed E-state index contributed by atoms with van der Waals surface area (Å²) in [5.74, 6) is -0.149. The third-order valence-corrected chi connectivity index (χ3v) is 3.43. The lowest BCUT2D eigenvalue weighted by Gasteiger charge is -2.08. The molecule has 0 saturated carbocycles. The summed E-state index contributed by atoms with van der Waals surface area (Å²) in [6.45, 7) is 0.246. The topological polar surface area (TPSA) is 71.3 Å². The van der Waals surface area contributed by atoms with Gasteiger partial charge in [0.1, 0.15) is 5.52 Å². The van der Waals surface area contributed by atoms with Gasteiger partial charge in [-0.05, 0) is 5.56 Å². The first-order chi connectivity index (χ1) is 11.9. The van der Waals surface area contributed by atoms with Gasteiger partial charge in [-0.25, -0.2) is 9.50 Å². The predicted molar refractivity (Wildman–Crippen MR) is 84.8 cm³/mol. The van der Waals surface area contributed by atoms with Gasteiger partial charge >= 0.3 is 6.18 Å². The van der Waals surface area contributed by atoms with Crippen molar-refractivity contribution in [2.75, 3.05) is 11.9 Å². The molecule has 0 aliphatic carbocycles. The molecule has 0 aliphatic rings. The van der Waals surface area contributed by atoms with Gasteiger partial charge in [-0.3, -0.25) is 4.79 Å². The molecule has 0 saturated heterocycles. The number of carbonyl (C=O) groups excluding carboxylic acids is 1. The Morgan fingerprint density at radius 1 is 1.20 bits per heavy atom. The number of halogens is 3. The monoisotopic (exact) mass is 349 g/mol. The van der Waals surface area contributed by atoms with E-state index in [1.807, 2.05) is 30.3 Å². The maximum atomic E-state index is 12.8. The van der Waals surface area contributed by atoms with Crippen LogP contribution in [0.5, 0.6) is 0 Å². The molecule has 0 atom stereocenters. The number of fused-ring (bicyclic) bond motifs is 1. The molecule has 130 valence electrons. The number of anilines is 1. The van der Waals surface area contributed by atoms with Crippen molar-refractivity contribution < 1.29 is 18.0 Å². The minimum absolute atomic E-state index is 0.119. The van der Waals surface area contributed by atoms with Gasteiger partial charge in [0.05, 0.1) is 6.54 Å². The fourth-order valence-corrected chi connectivity index (χ4v) is 2.22. The highest BCUT2D eigenvalue weighted by molar-refractivity contribution is 5.82. The Bertz CT molecular complexity index is 876. The third-order valence-electron chi connectivity index (χ3n) is 3.43. The van der Waals surface area contributed by atoms with Gasteiger partial charge in [0.15, 0.2) is 11.5 Å². The van der Waals surface area contributed by atoms with E-state index in [1.54, 1.807) is 0 Å². The van der Waals surface area contributed by atoms with E-state index < -0.39 is 11.9 Å². The molecule has 25 heavy (non-hydrogen) atoms. The molecule has 1 aromatic carbocycles. The van der Waals surface area contributed by atoms with E-state index >= 15 is 0 Å². The fraction of sp³-hybridized carbons (Fsp3) is 0.188. The molecule has 0 aliphatic heterocycles. The van der Waals surface area contributed by atoms with Crippen LogP contribution in [0, 0.1) is 0 Å². The molecule has 0 fully saturated rings. The molecule has 0 bridgehead atoms. The van der Waals surface area contributed by atoms with E-state index in [0.717, 1.165) is 16.1 Å². The smallest absolute Gasteiger partial charge is 0.359 e. The molecular weight excluding hydrogens is 335 g/mol. The fourth-order valence-electron chi connectivity index (χ4n) is 2.22. The Labute approximate surface area is 140 Å². The van der Waals surface area contributed by atoms with Crippen molar-refractivity contribution in [3.63, 3.8) is 0 Å².